The van der Waals surface area contributed by atoms with Gasteiger partial charge in [0.05, 0.1) is 17.5 Å². The Hall–Kier alpha value is -4.38. The van der Waals surface area contributed by atoms with Crippen molar-refractivity contribution in [3.63, 3.8) is 0 Å². The summed E-state index contributed by atoms with van der Waals surface area (Å²) in [6.07, 6.45) is 3.43. The van der Waals surface area contributed by atoms with Crippen molar-refractivity contribution < 1.29 is 26.8 Å². The second-order valence-electron chi connectivity index (χ2n) is 12.5. The molecule has 0 saturated heterocycles. The molecule has 0 radical (unpaired) electrons. The summed E-state index contributed by atoms with van der Waals surface area (Å²) < 4.78 is 47.5. The fourth-order valence-electron chi connectivity index (χ4n) is 5.68. The van der Waals surface area contributed by atoms with Crippen LogP contribution < -0.4 is 19.8 Å². The first-order valence-corrected chi connectivity index (χ1v) is 16.8. The van der Waals surface area contributed by atoms with E-state index in [0.29, 0.717) is 57.6 Å². The maximum Gasteiger partial charge on any atom is 0.255 e. The molecule has 0 aliphatic carbocycles. The summed E-state index contributed by atoms with van der Waals surface area (Å²) in [6.45, 7) is 6.60. The standard InChI is InChI=1S/C34H39FN4O5S/c1-34(2,3)37-32(40)23-16-22-17-25(18-23)39(45(6,42)43)15-9-7-8-14-38(5)28-20-29-27(19-26(22)28)30(33(41)36-4)31(44-29)21-10-12-24(35)13-11-21/h10-13,16-20H,7-9,14-15H2,1-6H3,(H,36,41)(H,37,40). The van der Waals surface area contributed by atoms with E-state index in [9.17, 15) is 22.4 Å². The Morgan fingerprint density at radius 2 is 1.60 bits per heavy atom. The molecule has 5 rings (SSSR count). The Morgan fingerprint density at radius 3 is 2.24 bits per heavy atom. The molecule has 3 aromatic carbocycles. The molecule has 45 heavy (non-hydrogen) atoms. The smallest absolute Gasteiger partial charge is 0.255 e. The van der Waals surface area contributed by atoms with Gasteiger partial charge in [0.25, 0.3) is 11.8 Å². The molecule has 9 nitrogen and oxygen atoms in total. The van der Waals surface area contributed by atoms with Crippen LogP contribution in [0.2, 0.25) is 0 Å². The second-order valence-corrected chi connectivity index (χ2v) is 14.5. The highest BCUT2D eigenvalue weighted by atomic mass is 32.2. The zero-order valence-corrected chi connectivity index (χ0v) is 27.3. The normalized spacial score (nSPS) is 14.4. The summed E-state index contributed by atoms with van der Waals surface area (Å²) in [7, 11) is -0.167. The van der Waals surface area contributed by atoms with Crippen LogP contribution in [0.3, 0.4) is 0 Å². The van der Waals surface area contributed by atoms with Crippen LogP contribution in [0, 0.1) is 5.82 Å². The van der Waals surface area contributed by atoms with Crippen molar-refractivity contribution in [2.24, 2.45) is 0 Å². The minimum atomic E-state index is -3.67. The molecule has 2 amide bonds. The lowest BCUT2D eigenvalue weighted by Gasteiger charge is -2.28. The molecule has 4 aromatic rings. The molecule has 1 aromatic heterocycles. The number of carbonyl (C=O) groups excluding carboxylic acids is 2. The molecule has 0 spiro atoms. The molecule has 2 N–H and O–H groups in total. The van der Waals surface area contributed by atoms with Gasteiger partial charge in [0.1, 0.15) is 17.2 Å². The van der Waals surface area contributed by atoms with Crippen molar-refractivity contribution in [1.29, 1.82) is 0 Å². The summed E-state index contributed by atoms with van der Waals surface area (Å²) in [5, 5.41) is 6.20. The van der Waals surface area contributed by atoms with E-state index in [-0.39, 0.29) is 23.9 Å². The topological polar surface area (TPSA) is 112 Å². The molecule has 0 unspecified atom stereocenters. The number of carbonyl (C=O) groups is 2. The van der Waals surface area contributed by atoms with E-state index in [2.05, 4.69) is 15.5 Å². The maximum absolute atomic E-state index is 13.8. The molecule has 0 fully saturated rings. The fraction of sp³-hybridized carbons (Fsp3) is 0.353. The third-order valence-corrected chi connectivity index (χ3v) is 8.99. The van der Waals surface area contributed by atoms with Gasteiger partial charge < -0.3 is 20.0 Å². The molecule has 0 saturated carbocycles. The van der Waals surface area contributed by atoms with Crippen molar-refractivity contribution >= 4 is 44.2 Å². The fourth-order valence-corrected chi connectivity index (χ4v) is 6.63. The van der Waals surface area contributed by atoms with E-state index in [0.717, 1.165) is 18.5 Å². The molecule has 238 valence electrons. The Morgan fingerprint density at radius 1 is 0.911 bits per heavy atom. The number of fused-ring (bicyclic) bond motifs is 5. The van der Waals surface area contributed by atoms with Crippen molar-refractivity contribution in [2.75, 3.05) is 42.6 Å². The van der Waals surface area contributed by atoms with E-state index < -0.39 is 21.4 Å². The maximum atomic E-state index is 13.8. The monoisotopic (exact) mass is 634 g/mol. The third kappa shape index (κ3) is 6.83. The molecule has 0 atom stereocenters. The van der Waals surface area contributed by atoms with Gasteiger partial charge >= 0.3 is 0 Å². The molecule has 1 aliphatic heterocycles. The first kappa shape index (κ1) is 32.0. The Labute approximate surface area is 263 Å². The van der Waals surface area contributed by atoms with E-state index in [4.69, 9.17) is 4.42 Å². The Kier molecular flexibility index (Phi) is 8.68. The van der Waals surface area contributed by atoms with Gasteiger partial charge in [-0.15, -0.1) is 0 Å². The average Bonchev–Trinajstić information content (AvgIpc) is 3.34. The lowest BCUT2D eigenvalue weighted by atomic mass is 9.95. The number of hydrogen-bond donors (Lipinski definition) is 2. The van der Waals surface area contributed by atoms with Gasteiger partial charge in [-0.25, -0.2) is 12.8 Å². The zero-order valence-electron chi connectivity index (χ0n) is 26.5. The van der Waals surface area contributed by atoms with Crippen molar-refractivity contribution in [3.05, 3.63) is 71.5 Å². The molecule has 11 heteroatoms. The number of halogens is 1. The second kappa shape index (κ2) is 12.2. The number of nitrogens with one attached hydrogen (secondary N) is 2. The molecular weight excluding hydrogens is 595 g/mol. The quantitative estimate of drug-likeness (QED) is 0.277. The van der Waals surface area contributed by atoms with Crippen molar-refractivity contribution in [3.8, 4) is 22.5 Å². The van der Waals surface area contributed by atoms with Gasteiger partial charge in [0, 0.05) is 66.6 Å². The summed E-state index contributed by atoms with van der Waals surface area (Å²) in [4.78, 5) is 28.9. The molecule has 2 bridgehead atoms. The van der Waals surface area contributed by atoms with Gasteiger partial charge in [-0.05, 0) is 94.1 Å². The minimum absolute atomic E-state index is 0.280. The highest BCUT2D eigenvalue weighted by Crippen LogP contribution is 2.42. The van der Waals surface area contributed by atoms with E-state index >= 15 is 0 Å². The summed E-state index contributed by atoms with van der Waals surface area (Å²) in [6, 6.07) is 14.6. The molecule has 2 heterocycles. The first-order valence-electron chi connectivity index (χ1n) is 14.9. The summed E-state index contributed by atoms with van der Waals surface area (Å²) in [5.74, 6) is -0.823. The van der Waals surface area contributed by atoms with Gasteiger partial charge in [-0.2, -0.15) is 0 Å². The number of anilines is 2. The van der Waals surface area contributed by atoms with Crippen LogP contribution in [0.15, 0.2) is 59.0 Å². The zero-order chi connectivity index (χ0) is 32.7. The van der Waals surface area contributed by atoms with Crippen LogP contribution in [-0.4, -0.2) is 59.2 Å². The summed E-state index contributed by atoms with van der Waals surface area (Å²) in [5.41, 5.74) is 3.55. The predicted octanol–water partition coefficient (Wildman–Crippen LogP) is 6.18. The van der Waals surface area contributed by atoms with Gasteiger partial charge in [0.15, 0.2) is 0 Å². The number of nitrogens with zero attached hydrogens (tertiary/aromatic N) is 2. The van der Waals surface area contributed by atoms with Crippen LogP contribution in [0.5, 0.6) is 0 Å². The average molecular weight is 635 g/mol. The van der Waals surface area contributed by atoms with Crippen molar-refractivity contribution in [1.82, 2.24) is 10.6 Å². The Bertz CT molecular complexity index is 1880. The highest BCUT2D eigenvalue weighted by Gasteiger charge is 2.27. The van der Waals surface area contributed by atoms with E-state index in [1.807, 2.05) is 40.0 Å². The predicted molar refractivity (Wildman–Crippen MR) is 177 cm³/mol. The highest BCUT2D eigenvalue weighted by molar-refractivity contribution is 7.92. The number of sulfonamides is 1. The van der Waals surface area contributed by atoms with Crippen LogP contribution in [0.4, 0.5) is 15.8 Å². The number of furan rings is 1. The summed E-state index contributed by atoms with van der Waals surface area (Å²) >= 11 is 0. The van der Waals surface area contributed by atoms with Crippen LogP contribution in [0.1, 0.15) is 60.7 Å². The van der Waals surface area contributed by atoms with Crippen LogP contribution >= 0.6 is 0 Å². The van der Waals surface area contributed by atoms with Crippen molar-refractivity contribution in [2.45, 2.75) is 45.6 Å². The van der Waals surface area contributed by atoms with Crippen LogP contribution in [0.25, 0.3) is 33.4 Å². The van der Waals surface area contributed by atoms with Gasteiger partial charge in [-0.1, -0.05) is 0 Å². The minimum Gasteiger partial charge on any atom is -0.455 e. The van der Waals surface area contributed by atoms with E-state index in [1.54, 1.807) is 30.3 Å². The van der Waals surface area contributed by atoms with Gasteiger partial charge in [-0.3, -0.25) is 13.9 Å². The first-order chi connectivity index (χ1) is 21.2. The number of rotatable bonds is 4. The van der Waals surface area contributed by atoms with E-state index in [1.165, 1.54) is 29.7 Å². The number of amides is 2. The lowest BCUT2D eigenvalue weighted by molar-refractivity contribution is 0.0918. The lowest BCUT2D eigenvalue weighted by Crippen LogP contribution is -2.40. The van der Waals surface area contributed by atoms with Gasteiger partial charge in [0.2, 0.25) is 10.0 Å². The largest absolute Gasteiger partial charge is 0.455 e. The number of hydrogen-bond acceptors (Lipinski definition) is 6. The third-order valence-electron chi connectivity index (χ3n) is 7.80. The Balaban J connectivity index is 1.84. The molecular formula is C34H39FN4O5S. The number of benzene rings is 3. The SMILES string of the molecule is CNC(=O)c1c(-c2ccc(F)cc2)oc2cc3c(cc12)-c1cc(C(=O)NC(C)(C)C)cc(c1)N(S(C)(=O)=O)CCCCCN3C. The van der Waals surface area contributed by atoms with Crippen LogP contribution in [-0.2, 0) is 10.0 Å². The molecule has 1 aliphatic rings.